The van der Waals surface area contributed by atoms with Crippen molar-refractivity contribution in [1.29, 1.82) is 0 Å². The highest BCUT2D eigenvalue weighted by atomic mass is 79.9. The summed E-state index contributed by atoms with van der Waals surface area (Å²) in [5.41, 5.74) is 3.48. The molecule has 1 atom stereocenters. The maximum atomic E-state index is 14.2. The number of nitro groups is 1. The van der Waals surface area contributed by atoms with Gasteiger partial charge in [-0.15, -0.1) is 0 Å². The van der Waals surface area contributed by atoms with Crippen molar-refractivity contribution >= 4 is 33.2 Å². The lowest BCUT2D eigenvalue weighted by atomic mass is 9.98. The number of non-ortho nitro benzene ring substituents is 1. The van der Waals surface area contributed by atoms with E-state index in [0.717, 1.165) is 16.7 Å². The zero-order valence-electron chi connectivity index (χ0n) is 22.4. The standard InChI is InChI=1S/C32H28BrN3O5/c1-3-16-41-30-27(33)17-24(18-29(30)40-2)31-34(20-22-10-6-4-7-11-22)28-15-14-25(36(38)39)19-26(28)32(37)35(31)21-23-12-8-5-9-13-23/h3-15,17-19,31H,1,16,20-21H2,2H3/t31-/m0/s1. The lowest BCUT2D eigenvalue weighted by Crippen LogP contribution is -2.48. The normalized spacial score (nSPS) is 14.4. The van der Waals surface area contributed by atoms with Crippen LogP contribution in [-0.4, -0.2) is 29.4 Å². The molecule has 1 heterocycles. The summed E-state index contributed by atoms with van der Waals surface area (Å²) >= 11 is 3.65. The number of rotatable bonds is 10. The average molecular weight is 614 g/mol. The van der Waals surface area contributed by atoms with E-state index in [0.29, 0.717) is 34.8 Å². The highest BCUT2D eigenvalue weighted by Gasteiger charge is 2.40. The Morgan fingerprint density at radius 3 is 2.17 bits per heavy atom. The molecule has 0 aliphatic carbocycles. The van der Waals surface area contributed by atoms with E-state index in [-0.39, 0.29) is 23.7 Å². The van der Waals surface area contributed by atoms with E-state index in [1.807, 2.05) is 72.8 Å². The molecule has 0 unspecified atom stereocenters. The van der Waals surface area contributed by atoms with Crippen molar-refractivity contribution in [3.63, 3.8) is 0 Å². The highest BCUT2D eigenvalue weighted by Crippen LogP contribution is 2.45. The minimum atomic E-state index is -0.574. The monoisotopic (exact) mass is 613 g/mol. The second-order valence-corrected chi connectivity index (χ2v) is 10.4. The number of amides is 1. The van der Waals surface area contributed by atoms with Crippen LogP contribution in [0.1, 0.15) is 33.2 Å². The van der Waals surface area contributed by atoms with Gasteiger partial charge in [0.25, 0.3) is 11.6 Å². The number of methoxy groups -OCH3 is 1. The summed E-state index contributed by atoms with van der Waals surface area (Å²) in [6.07, 6.45) is 1.08. The summed E-state index contributed by atoms with van der Waals surface area (Å²) in [6, 6.07) is 27.8. The molecule has 0 fully saturated rings. The first-order valence-corrected chi connectivity index (χ1v) is 13.8. The summed E-state index contributed by atoms with van der Waals surface area (Å²) in [4.78, 5) is 29.3. The molecular weight excluding hydrogens is 586 g/mol. The second kappa shape index (κ2) is 12.3. The van der Waals surface area contributed by atoms with E-state index >= 15 is 0 Å². The SMILES string of the molecule is C=CCOc1c(Br)cc([C@@H]2N(Cc3ccccc3)C(=O)c3cc([N+](=O)[O-])ccc3N2Cc2ccccc2)cc1OC. The van der Waals surface area contributed by atoms with Gasteiger partial charge in [0.15, 0.2) is 11.5 Å². The number of nitro benzene ring substituents is 1. The number of fused-ring (bicyclic) bond motifs is 1. The van der Waals surface area contributed by atoms with Crippen LogP contribution in [0.5, 0.6) is 11.5 Å². The van der Waals surface area contributed by atoms with Gasteiger partial charge in [-0.2, -0.15) is 0 Å². The topological polar surface area (TPSA) is 85.1 Å². The van der Waals surface area contributed by atoms with Crippen LogP contribution in [0.3, 0.4) is 0 Å². The highest BCUT2D eigenvalue weighted by molar-refractivity contribution is 9.10. The molecule has 9 heteroatoms. The lowest BCUT2D eigenvalue weighted by molar-refractivity contribution is -0.384. The molecule has 0 aromatic heterocycles. The van der Waals surface area contributed by atoms with Crippen molar-refractivity contribution in [1.82, 2.24) is 4.90 Å². The minimum absolute atomic E-state index is 0.136. The Labute approximate surface area is 246 Å². The first-order chi connectivity index (χ1) is 19.9. The van der Waals surface area contributed by atoms with Crippen molar-refractivity contribution in [3.05, 3.63) is 140 Å². The third-order valence-electron chi connectivity index (χ3n) is 6.87. The number of ether oxygens (including phenoxy) is 2. The van der Waals surface area contributed by atoms with Crippen molar-refractivity contribution in [3.8, 4) is 11.5 Å². The maximum Gasteiger partial charge on any atom is 0.270 e. The van der Waals surface area contributed by atoms with Crippen molar-refractivity contribution in [2.45, 2.75) is 19.3 Å². The van der Waals surface area contributed by atoms with Gasteiger partial charge in [0.05, 0.1) is 27.8 Å². The van der Waals surface area contributed by atoms with Crippen molar-refractivity contribution in [2.24, 2.45) is 0 Å². The number of benzene rings is 4. The molecule has 0 saturated carbocycles. The van der Waals surface area contributed by atoms with E-state index in [1.54, 1.807) is 24.2 Å². The van der Waals surface area contributed by atoms with Gasteiger partial charge in [-0.25, -0.2) is 0 Å². The van der Waals surface area contributed by atoms with Gasteiger partial charge < -0.3 is 19.3 Å². The van der Waals surface area contributed by atoms with Gasteiger partial charge in [0.1, 0.15) is 12.8 Å². The van der Waals surface area contributed by atoms with Crippen LogP contribution in [0.4, 0.5) is 11.4 Å². The molecule has 8 nitrogen and oxygen atoms in total. The Morgan fingerprint density at radius 1 is 0.951 bits per heavy atom. The molecule has 1 amide bonds. The van der Waals surface area contributed by atoms with E-state index < -0.39 is 11.1 Å². The smallest absolute Gasteiger partial charge is 0.270 e. The zero-order chi connectivity index (χ0) is 28.9. The number of nitrogens with zero attached hydrogens (tertiary/aromatic N) is 3. The van der Waals surface area contributed by atoms with Gasteiger partial charge in [-0.3, -0.25) is 14.9 Å². The average Bonchev–Trinajstić information content (AvgIpc) is 2.99. The fourth-order valence-electron chi connectivity index (χ4n) is 5.05. The summed E-state index contributed by atoms with van der Waals surface area (Å²) in [5.74, 6) is 0.722. The van der Waals surface area contributed by atoms with Crippen LogP contribution < -0.4 is 14.4 Å². The summed E-state index contributed by atoms with van der Waals surface area (Å²) in [5, 5.41) is 11.7. The summed E-state index contributed by atoms with van der Waals surface area (Å²) in [7, 11) is 1.57. The third-order valence-corrected chi connectivity index (χ3v) is 7.46. The molecule has 1 aliphatic rings. The number of carbonyl (C=O) groups excluding carboxylic acids is 1. The fraction of sp³-hybridized carbons (Fsp3) is 0.156. The quantitative estimate of drug-likeness (QED) is 0.106. The largest absolute Gasteiger partial charge is 0.493 e. The van der Waals surface area contributed by atoms with Crippen LogP contribution in [0, 0.1) is 10.1 Å². The van der Waals surface area contributed by atoms with Crippen LogP contribution in [0.25, 0.3) is 0 Å². The molecule has 0 radical (unpaired) electrons. The summed E-state index contributed by atoms with van der Waals surface area (Å²) < 4.78 is 12.2. The van der Waals surface area contributed by atoms with Crippen molar-refractivity contribution in [2.75, 3.05) is 18.6 Å². The predicted molar refractivity (Wildman–Crippen MR) is 161 cm³/mol. The van der Waals surface area contributed by atoms with E-state index in [4.69, 9.17) is 9.47 Å². The van der Waals surface area contributed by atoms with Crippen LogP contribution in [0.2, 0.25) is 0 Å². The minimum Gasteiger partial charge on any atom is -0.493 e. The molecule has 0 spiro atoms. The fourth-order valence-corrected chi connectivity index (χ4v) is 5.62. The number of halogens is 1. The predicted octanol–water partition coefficient (Wildman–Crippen LogP) is 7.29. The Kier molecular flexibility index (Phi) is 8.35. The Morgan fingerprint density at radius 2 is 1.59 bits per heavy atom. The van der Waals surface area contributed by atoms with Gasteiger partial charge >= 0.3 is 0 Å². The molecule has 0 saturated heterocycles. The molecule has 5 rings (SSSR count). The summed E-state index contributed by atoms with van der Waals surface area (Å²) in [6.45, 7) is 4.75. The molecular formula is C32H28BrN3O5. The van der Waals surface area contributed by atoms with Crippen LogP contribution in [0.15, 0.2) is 108 Å². The van der Waals surface area contributed by atoms with Gasteiger partial charge in [-0.1, -0.05) is 73.3 Å². The van der Waals surface area contributed by atoms with E-state index in [1.165, 1.54) is 12.1 Å². The lowest BCUT2D eigenvalue weighted by Gasteiger charge is -2.46. The molecule has 41 heavy (non-hydrogen) atoms. The molecule has 4 aromatic carbocycles. The van der Waals surface area contributed by atoms with Crippen molar-refractivity contribution < 1.29 is 19.2 Å². The van der Waals surface area contributed by atoms with E-state index in [9.17, 15) is 14.9 Å². The van der Waals surface area contributed by atoms with E-state index in [2.05, 4.69) is 27.4 Å². The first-order valence-electron chi connectivity index (χ1n) is 13.0. The first kappa shape index (κ1) is 27.9. The molecule has 4 aromatic rings. The second-order valence-electron chi connectivity index (χ2n) is 9.50. The zero-order valence-corrected chi connectivity index (χ0v) is 24.0. The molecule has 208 valence electrons. The molecule has 0 N–H and O–H groups in total. The number of hydrogen-bond acceptors (Lipinski definition) is 6. The molecule has 1 aliphatic heterocycles. The van der Waals surface area contributed by atoms with Crippen LogP contribution in [-0.2, 0) is 13.1 Å². The Bertz CT molecular complexity index is 1580. The van der Waals surface area contributed by atoms with Gasteiger partial charge in [-0.05, 0) is 50.8 Å². The number of anilines is 1. The Balaban J connectivity index is 1.72. The third kappa shape index (κ3) is 5.81. The molecule has 0 bridgehead atoms. The number of carbonyl (C=O) groups is 1. The maximum absolute atomic E-state index is 14.2. The Hall–Kier alpha value is -4.63. The van der Waals surface area contributed by atoms with Gasteiger partial charge in [0, 0.05) is 25.2 Å². The van der Waals surface area contributed by atoms with Crippen LogP contribution >= 0.6 is 15.9 Å². The number of hydrogen-bond donors (Lipinski definition) is 0. The van der Waals surface area contributed by atoms with Gasteiger partial charge in [0.2, 0.25) is 0 Å².